The van der Waals surface area contributed by atoms with Gasteiger partial charge in [0.2, 0.25) is 0 Å². The van der Waals surface area contributed by atoms with Gasteiger partial charge in [-0.1, -0.05) is 59.2 Å². The summed E-state index contributed by atoms with van der Waals surface area (Å²) in [5.41, 5.74) is 0. The SMILES string of the molecule is CCCC[C@@H]1N(C)[C@@]1(CCCC)[Si](C)(C)C. The molecule has 3 atom stereocenters. The zero-order valence-corrected chi connectivity index (χ0v) is 13.3. The minimum atomic E-state index is -1.06. The third-order valence-electron chi connectivity index (χ3n) is 4.62. The zero-order valence-electron chi connectivity index (χ0n) is 12.3. The molecule has 1 aliphatic heterocycles. The molecule has 0 bridgehead atoms. The minimum Gasteiger partial charge on any atom is -0.297 e. The molecular weight excluding hydrogens is 210 g/mol. The maximum Gasteiger partial charge on any atom is 0.0697 e. The number of nitrogens with zero attached hydrogens (tertiary/aromatic N) is 1. The molecule has 2 heteroatoms. The van der Waals surface area contributed by atoms with Gasteiger partial charge in [-0.15, -0.1) is 0 Å². The highest BCUT2D eigenvalue weighted by molar-refractivity contribution is 6.80. The molecule has 0 N–H and O–H groups in total. The monoisotopic (exact) mass is 241 g/mol. The number of hydrogen-bond acceptors (Lipinski definition) is 1. The molecule has 16 heavy (non-hydrogen) atoms. The van der Waals surface area contributed by atoms with Crippen molar-refractivity contribution in [2.75, 3.05) is 7.05 Å². The van der Waals surface area contributed by atoms with Crippen LogP contribution >= 0.6 is 0 Å². The van der Waals surface area contributed by atoms with Gasteiger partial charge in [0.15, 0.2) is 0 Å². The molecule has 0 aromatic carbocycles. The highest BCUT2D eigenvalue weighted by Crippen LogP contribution is 2.52. The summed E-state index contributed by atoms with van der Waals surface area (Å²) in [7, 11) is 1.31. The smallest absolute Gasteiger partial charge is 0.0697 e. The van der Waals surface area contributed by atoms with Gasteiger partial charge in [-0.05, 0) is 19.9 Å². The first-order valence-electron chi connectivity index (χ1n) is 7.14. The fourth-order valence-electron chi connectivity index (χ4n) is 3.57. The zero-order chi connectivity index (χ0) is 12.4. The van der Waals surface area contributed by atoms with E-state index in [1.165, 1.54) is 38.5 Å². The molecule has 1 nitrogen and oxygen atoms in total. The minimum absolute atomic E-state index is 0.637. The second kappa shape index (κ2) is 5.22. The van der Waals surface area contributed by atoms with E-state index in [4.69, 9.17) is 0 Å². The first-order chi connectivity index (χ1) is 7.41. The molecule has 1 saturated heterocycles. The van der Waals surface area contributed by atoms with Crippen LogP contribution in [0.2, 0.25) is 19.6 Å². The summed E-state index contributed by atoms with van der Waals surface area (Å²) in [5.74, 6) is 0. The summed E-state index contributed by atoms with van der Waals surface area (Å²) in [6.45, 7) is 12.3. The van der Waals surface area contributed by atoms with Crippen molar-refractivity contribution in [3.8, 4) is 0 Å². The Morgan fingerprint density at radius 2 is 1.62 bits per heavy atom. The van der Waals surface area contributed by atoms with E-state index in [-0.39, 0.29) is 0 Å². The summed E-state index contributed by atoms with van der Waals surface area (Å²) >= 11 is 0. The van der Waals surface area contributed by atoms with E-state index >= 15 is 0 Å². The lowest BCUT2D eigenvalue weighted by Crippen LogP contribution is -2.45. The van der Waals surface area contributed by atoms with Gasteiger partial charge in [-0.3, -0.25) is 4.90 Å². The summed E-state index contributed by atoms with van der Waals surface area (Å²) in [6.07, 6.45) is 8.40. The lowest BCUT2D eigenvalue weighted by molar-refractivity contribution is 0.504. The van der Waals surface area contributed by atoms with Crippen molar-refractivity contribution < 1.29 is 0 Å². The van der Waals surface area contributed by atoms with Crippen LogP contribution in [0.15, 0.2) is 0 Å². The first kappa shape index (κ1) is 14.2. The molecule has 0 radical (unpaired) electrons. The molecular formula is C14H31NSi. The van der Waals surface area contributed by atoms with Gasteiger partial charge in [-0.25, -0.2) is 0 Å². The lowest BCUT2D eigenvalue weighted by Gasteiger charge is -2.30. The van der Waals surface area contributed by atoms with Crippen LogP contribution in [0.5, 0.6) is 0 Å². The summed E-state index contributed by atoms with van der Waals surface area (Å²) < 4.78 is 0. The molecule has 1 fully saturated rings. The highest BCUT2D eigenvalue weighted by Gasteiger charge is 2.65. The van der Waals surface area contributed by atoms with Crippen LogP contribution < -0.4 is 0 Å². The third-order valence-corrected chi connectivity index (χ3v) is 8.16. The highest BCUT2D eigenvalue weighted by atomic mass is 28.3. The molecule has 96 valence electrons. The molecule has 1 aliphatic rings. The van der Waals surface area contributed by atoms with E-state index in [0.29, 0.717) is 5.16 Å². The Bertz CT molecular complexity index is 221. The standard InChI is InChI=1S/C14H31NSi/c1-7-9-11-13-14(15(13)3,12-10-8-2)16(4,5)6/h13H,7-12H2,1-6H3/t13-,14-,15?/m0/s1. The van der Waals surface area contributed by atoms with Crippen LogP contribution in [-0.4, -0.2) is 31.2 Å². The fourth-order valence-corrected chi connectivity index (χ4v) is 6.98. The maximum absolute atomic E-state index is 2.71. The molecule has 0 aromatic rings. The predicted octanol–water partition coefficient (Wildman–Crippen LogP) is 4.30. The van der Waals surface area contributed by atoms with Crippen molar-refractivity contribution in [3.05, 3.63) is 0 Å². The Labute approximate surface area is 104 Å². The van der Waals surface area contributed by atoms with Crippen molar-refractivity contribution in [1.29, 1.82) is 0 Å². The van der Waals surface area contributed by atoms with E-state index in [9.17, 15) is 0 Å². The number of likely N-dealkylation sites (N-methyl/N-ethyl adjacent to an activating group) is 1. The Hall–Kier alpha value is 0.177. The van der Waals surface area contributed by atoms with E-state index in [0.717, 1.165) is 6.04 Å². The fraction of sp³-hybridized carbons (Fsp3) is 1.00. The topological polar surface area (TPSA) is 3.01 Å². The van der Waals surface area contributed by atoms with E-state index in [1.807, 2.05) is 0 Å². The average Bonchev–Trinajstić information content (AvgIpc) is 2.77. The molecule has 0 aliphatic carbocycles. The molecule has 1 rings (SSSR count). The van der Waals surface area contributed by atoms with Crippen molar-refractivity contribution >= 4 is 8.07 Å². The molecule has 1 unspecified atom stereocenters. The quantitative estimate of drug-likeness (QED) is 0.474. The Morgan fingerprint density at radius 3 is 2.06 bits per heavy atom. The molecule has 0 saturated carbocycles. The summed E-state index contributed by atoms with van der Waals surface area (Å²) in [4.78, 5) is 2.71. The maximum atomic E-state index is 2.71. The van der Waals surface area contributed by atoms with E-state index in [2.05, 4.69) is 45.4 Å². The molecule has 0 spiro atoms. The van der Waals surface area contributed by atoms with Gasteiger partial charge in [0, 0.05) is 11.2 Å². The van der Waals surface area contributed by atoms with Crippen LogP contribution in [0.3, 0.4) is 0 Å². The summed E-state index contributed by atoms with van der Waals surface area (Å²) in [5, 5.41) is 0.637. The van der Waals surface area contributed by atoms with Crippen molar-refractivity contribution in [2.45, 2.75) is 83.2 Å². The van der Waals surface area contributed by atoms with Crippen molar-refractivity contribution in [1.82, 2.24) is 4.90 Å². The van der Waals surface area contributed by atoms with Crippen LogP contribution in [0, 0.1) is 0 Å². The van der Waals surface area contributed by atoms with Gasteiger partial charge < -0.3 is 0 Å². The largest absolute Gasteiger partial charge is 0.297 e. The van der Waals surface area contributed by atoms with E-state index < -0.39 is 8.07 Å². The number of hydrogen-bond donors (Lipinski definition) is 0. The van der Waals surface area contributed by atoms with Crippen LogP contribution in [0.25, 0.3) is 0 Å². The Balaban J connectivity index is 2.68. The second-order valence-corrected chi connectivity index (χ2v) is 11.9. The van der Waals surface area contributed by atoms with Crippen LogP contribution in [0.4, 0.5) is 0 Å². The molecule has 1 heterocycles. The van der Waals surface area contributed by atoms with Gasteiger partial charge in [0.1, 0.15) is 0 Å². The summed E-state index contributed by atoms with van der Waals surface area (Å²) in [6, 6.07) is 0.908. The van der Waals surface area contributed by atoms with Gasteiger partial charge >= 0.3 is 0 Å². The van der Waals surface area contributed by atoms with Gasteiger partial charge in [-0.2, -0.15) is 0 Å². The Morgan fingerprint density at radius 1 is 1.06 bits per heavy atom. The van der Waals surface area contributed by atoms with Crippen molar-refractivity contribution in [2.24, 2.45) is 0 Å². The van der Waals surface area contributed by atoms with Crippen molar-refractivity contribution in [3.63, 3.8) is 0 Å². The Kier molecular flexibility index (Phi) is 4.64. The van der Waals surface area contributed by atoms with E-state index in [1.54, 1.807) is 0 Å². The molecule has 0 aromatic heterocycles. The van der Waals surface area contributed by atoms with Gasteiger partial charge in [0.05, 0.1) is 8.07 Å². The van der Waals surface area contributed by atoms with Crippen LogP contribution in [-0.2, 0) is 0 Å². The van der Waals surface area contributed by atoms with Crippen LogP contribution in [0.1, 0.15) is 52.4 Å². The third kappa shape index (κ3) is 2.38. The number of unbranched alkanes of at least 4 members (excludes halogenated alkanes) is 2. The predicted molar refractivity (Wildman–Crippen MR) is 76.7 cm³/mol. The second-order valence-electron chi connectivity index (χ2n) is 6.55. The van der Waals surface area contributed by atoms with Gasteiger partial charge in [0.25, 0.3) is 0 Å². The number of rotatable bonds is 7. The first-order valence-corrected chi connectivity index (χ1v) is 10.6. The normalized spacial score (nSPS) is 34.1. The molecule has 0 amide bonds. The average molecular weight is 241 g/mol. The lowest BCUT2D eigenvalue weighted by atomic mass is 10.1.